The molecule has 1 fully saturated rings. The van der Waals surface area contributed by atoms with Crippen molar-refractivity contribution >= 4 is 41.8 Å². The number of nitrogens with zero attached hydrogens (tertiary/aromatic N) is 4. The number of morpholine rings is 1. The van der Waals surface area contributed by atoms with E-state index in [9.17, 15) is 4.39 Å². The predicted molar refractivity (Wildman–Crippen MR) is 96.5 cm³/mol. The molecule has 126 valence electrons. The van der Waals surface area contributed by atoms with Crippen molar-refractivity contribution in [3.8, 4) is 11.3 Å². The van der Waals surface area contributed by atoms with Crippen LogP contribution in [0.25, 0.3) is 11.3 Å². The summed E-state index contributed by atoms with van der Waals surface area (Å²) in [6.45, 7) is 6.15. The van der Waals surface area contributed by atoms with Crippen LogP contribution >= 0.6 is 23.4 Å². The molecule has 8 heteroatoms. The van der Waals surface area contributed by atoms with E-state index in [0.717, 1.165) is 0 Å². The number of rotatable bonds is 4. The number of aromatic nitrogens is 2. The third-order valence-corrected chi connectivity index (χ3v) is 4.69. The Bertz CT molecular complexity index is 768. The molecule has 1 aliphatic heterocycles. The summed E-state index contributed by atoms with van der Waals surface area (Å²) >= 11 is 7.27. The molecule has 0 unspecified atom stereocenters. The van der Waals surface area contributed by atoms with Gasteiger partial charge in [-0.1, -0.05) is 11.6 Å². The molecule has 0 atom stereocenters. The number of benzene rings is 1. The predicted octanol–water partition coefficient (Wildman–Crippen LogP) is 3.83. The summed E-state index contributed by atoms with van der Waals surface area (Å²) in [5.41, 5.74) is 0.862. The molecule has 5 nitrogen and oxygen atoms in total. The molecule has 0 saturated carbocycles. The molecule has 2 heterocycles. The number of ether oxygens (including phenoxy) is 1. The van der Waals surface area contributed by atoms with Crippen molar-refractivity contribution in [2.45, 2.75) is 4.90 Å². The molecule has 0 amide bonds. The van der Waals surface area contributed by atoms with Gasteiger partial charge in [-0.2, -0.15) is 4.98 Å². The largest absolute Gasteiger partial charge is 0.378 e. The molecular weight excluding hydrogens is 351 g/mol. The lowest BCUT2D eigenvalue weighted by Crippen LogP contribution is -2.37. The van der Waals surface area contributed by atoms with Crippen LogP contribution in [-0.2, 0) is 4.74 Å². The minimum absolute atomic E-state index is 0.339. The fourth-order valence-electron chi connectivity index (χ4n) is 2.49. The second-order valence-electron chi connectivity index (χ2n) is 5.11. The van der Waals surface area contributed by atoms with E-state index in [-0.39, 0.29) is 0 Å². The highest BCUT2D eigenvalue weighted by Crippen LogP contribution is 2.38. The molecular formula is C16H16ClFN4OS. The molecule has 1 aliphatic rings. The van der Waals surface area contributed by atoms with Gasteiger partial charge < -0.3 is 9.64 Å². The van der Waals surface area contributed by atoms with Gasteiger partial charge in [-0.15, -0.1) is 11.8 Å². The van der Waals surface area contributed by atoms with Crippen molar-refractivity contribution in [3.05, 3.63) is 29.0 Å². The molecule has 0 radical (unpaired) electrons. The number of anilines is 1. The summed E-state index contributed by atoms with van der Waals surface area (Å²) in [6.07, 6.45) is 1.87. The SMILES string of the molecule is C=Nc1nc(N2CCOCC2)nc(-c2ccc(Cl)cc2F)c1SC. The summed E-state index contributed by atoms with van der Waals surface area (Å²) in [6, 6.07) is 4.54. The fourth-order valence-corrected chi connectivity index (χ4v) is 3.29. The quantitative estimate of drug-likeness (QED) is 0.608. The smallest absolute Gasteiger partial charge is 0.228 e. The van der Waals surface area contributed by atoms with Gasteiger partial charge in [0.1, 0.15) is 5.82 Å². The summed E-state index contributed by atoms with van der Waals surface area (Å²) in [5.74, 6) is 0.519. The van der Waals surface area contributed by atoms with Crippen molar-refractivity contribution in [1.29, 1.82) is 0 Å². The van der Waals surface area contributed by atoms with Gasteiger partial charge in [0.2, 0.25) is 5.95 Å². The molecule has 1 aromatic carbocycles. The molecule has 0 bridgehead atoms. The van der Waals surface area contributed by atoms with E-state index in [4.69, 9.17) is 16.3 Å². The van der Waals surface area contributed by atoms with Crippen LogP contribution in [-0.4, -0.2) is 49.2 Å². The monoisotopic (exact) mass is 366 g/mol. The Morgan fingerprint density at radius 3 is 2.71 bits per heavy atom. The van der Waals surface area contributed by atoms with Crippen LogP contribution in [0.5, 0.6) is 0 Å². The Morgan fingerprint density at radius 2 is 2.08 bits per heavy atom. The van der Waals surface area contributed by atoms with Gasteiger partial charge in [-0.05, 0) is 31.2 Å². The molecule has 2 aromatic rings. The van der Waals surface area contributed by atoms with Gasteiger partial charge in [0.15, 0.2) is 5.82 Å². The number of thioether (sulfide) groups is 1. The van der Waals surface area contributed by atoms with Crippen LogP contribution in [0, 0.1) is 5.82 Å². The molecule has 0 aliphatic carbocycles. The van der Waals surface area contributed by atoms with Gasteiger partial charge >= 0.3 is 0 Å². The van der Waals surface area contributed by atoms with Crippen molar-refractivity contribution in [2.75, 3.05) is 37.5 Å². The molecule has 0 spiro atoms. The Morgan fingerprint density at radius 1 is 1.33 bits per heavy atom. The van der Waals surface area contributed by atoms with Crippen LogP contribution in [0.3, 0.4) is 0 Å². The second kappa shape index (κ2) is 7.46. The average Bonchev–Trinajstić information content (AvgIpc) is 2.61. The third kappa shape index (κ3) is 3.38. The number of hydrogen-bond donors (Lipinski definition) is 0. The summed E-state index contributed by atoms with van der Waals surface area (Å²) in [4.78, 5) is 15.8. The van der Waals surface area contributed by atoms with Crippen molar-refractivity contribution in [2.24, 2.45) is 4.99 Å². The lowest BCUT2D eigenvalue weighted by atomic mass is 10.1. The molecule has 3 rings (SSSR count). The Kier molecular flexibility index (Phi) is 5.33. The van der Waals surface area contributed by atoms with Crippen molar-refractivity contribution < 1.29 is 9.13 Å². The van der Waals surface area contributed by atoms with E-state index >= 15 is 0 Å². The first-order chi connectivity index (χ1) is 11.6. The van der Waals surface area contributed by atoms with Crippen LogP contribution in [0.2, 0.25) is 5.02 Å². The zero-order chi connectivity index (χ0) is 17.1. The maximum Gasteiger partial charge on any atom is 0.228 e. The standard InChI is InChI=1S/C16H16ClFN4OS/c1-19-15-14(24-2)13(11-4-3-10(17)9-12(11)18)20-16(21-15)22-5-7-23-8-6-22/h3-4,9H,1,5-8H2,2H3. The van der Waals surface area contributed by atoms with Gasteiger partial charge in [-0.3, -0.25) is 0 Å². The lowest BCUT2D eigenvalue weighted by molar-refractivity contribution is 0.122. The minimum Gasteiger partial charge on any atom is -0.378 e. The van der Waals surface area contributed by atoms with Gasteiger partial charge in [-0.25, -0.2) is 14.4 Å². The van der Waals surface area contributed by atoms with Crippen LogP contribution in [0.1, 0.15) is 0 Å². The van der Waals surface area contributed by atoms with Gasteiger partial charge in [0.25, 0.3) is 0 Å². The molecule has 1 saturated heterocycles. The van der Waals surface area contributed by atoms with E-state index in [0.29, 0.717) is 59.2 Å². The van der Waals surface area contributed by atoms with Crippen LogP contribution < -0.4 is 4.90 Å². The zero-order valence-corrected chi connectivity index (χ0v) is 14.7. The summed E-state index contributed by atoms with van der Waals surface area (Å²) in [5, 5.41) is 0.339. The van der Waals surface area contributed by atoms with Crippen molar-refractivity contribution in [1.82, 2.24) is 9.97 Å². The van der Waals surface area contributed by atoms with E-state index in [1.165, 1.54) is 17.8 Å². The third-order valence-electron chi connectivity index (χ3n) is 3.67. The maximum atomic E-state index is 14.4. The zero-order valence-electron chi connectivity index (χ0n) is 13.1. The summed E-state index contributed by atoms with van der Waals surface area (Å²) in [7, 11) is 0. The first-order valence-corrected chi connectivity index (χ1v) is 8.95. The summed E-state index contributed by atoms with van der Waals surface area (Å²) < 4.78 is 19.8. The highest BCUT2D eigenvalue weighted by atomic mass is 35.5. The highest BCUT2D eigenvalue weighted by Gasteiger charge is 2.21. The minimum atomic E-state index is -0.431. The van der Waals surface area contributed by atoms with E-state index in [1.807, 2.05) is 11.2 Å². The number of aliphatic imine (C=N–C) groups is 1. The normalized spacial score (nSPS) is 14.7. The molecule has 24 heavy (non-hydrogen) atoms. The fraction of sp³-hybridized carbons (Fsp3) is 0.312. The first kappa shape index (κ1) is 17.1. The number of halogens is 2. The van der Waals surface area contributed by atoms with Crippen molar-refractivity contribution in [3.63, 3.8) is 0 Å². The topological polar surface area (TPSA) is 50.6 Å². The van der Waals surface area contributed by atoms with Crippen LogP contribution in [0.4, 0.5) is 16.2 Å². The van der Waals surface area contributed by atoms with Gasteiger partial charge in [0, 0.05) is 23.7 Å². The highest BCUT2D eigenvalue weighted by molar-refractivity contribution is 7.98. The van der Waals surface area contributed by atoms with E-state index in [1.54, 1.807) is 12.1 Å². The Labute approximate surface area is 148 Å². The Balaban J connectivity index is 2.16. The average molecular weight is 367 g/mol. The van der Waals surface area contributed by atoms with E-state index < -0.39 is 5.82 Å². The Hall–Kier alpha value is -1.70. The van der Waals surface area contributed by atoms with Crippen LogP contribution in [0.15, 0.2) is 28.1 Å². The van der Waals surface area contributed by atoms with E-state index in [2.05, 4.69) is 21.7 Å². The maximum absolute atomic E-state index is 14.4. The second-order valence-corrected chi connectivity index (χ2v) is 6.36. The lowest BCUT2D eigenvalue weighted by Gasteiger charge is -2.27. The number of hydrogen-bond acceptors (Lipinski definition) is 6. The van der Waals surface area contributed by atoms with Gasteiger partial charge in [0.05, 0.1) is 23.8 Å². The molecule has 1 aromatic heterocycles. The first-order valence-electron chi connectivity index (χ1n) is 7.35. The molecule has 0 N–H and O–H groups in total.